The molecule has 122 valence electrons. The lowest BCUT2D eigenvalue weighted by Gasteiger charge is -2.07. The van der Waals surface area contributed by atoms with Crippen molar-refractivity contribution in [2.75, 3.05) is 11.9 Å². The van der Waals surface area contributed by atoms with Crippen molar-refractivity contribution >= 4 is 29.6 Å². The van der Waals surface area contributed by atoms with Crippen LogP contribution in [-0.4, -0.2) is 28.7 Å². The predicted octanol–water partition coefficient (Wildman–Crippen LogP) is 2.62. The maximum atomic E-state index is 11.7. The van der Waals surface area contributed by atoms with Crippen LogP contribution in [0.2, 0.25) is 0 Å². The van der Waals surface area contributed by atoms with Crippen LogP contribution in [-0.2, 0) is 8.98 Å². The zero-order valence-electron chi connectivity index (χ0n) is 12.2. The molecule has 0 aliphatic rings. The van der Waals surface area contributed by atoms with Crippen molar-refractivity contribution < 1.29 is 24.0 Å². The van der Waals surface area contributed by atoms with E-state index in [4.69, 9.17) is 14.6 Å². The Morgan fingerprint density at radius 3 is 2.50 bits per heavy atom. The highest BCUT2D eigenvalue weighted by molar-refractivity contribution is 7.94. The summed E-state index contributed by atoms with van der Waals surface area (Å²) >= 11 is 0.991. The average molecular weight is 344 g/mol. The number of rotatable bonds is 6. The highest BCUT2D eigenvalue weighted by atomic mass is 32.2. The fraction of sp³-hybridized carbons (Fsp3) is 0.0625. The number of hydrogen-bond donors (Lipinski definition) is 3. The molecule has 1 amide bonds. The first-order valence-electron chi connectivity index (χ1n) is 6.65. The number of aromatic hydroxyl groups is 1. The van der Waals surface area contributed by atoms with Gasteiger partial charge in [-0.3, -0.25) is 4.79 Å². The summed E-state index contributed by atoms with van der Waals surface area (Å²) in [7, 11) is 0. The lowest BCUT2D eigenvalue weighted by molar-refractivity contribution is -0.117. The molecular formula is C16H12N2O5S. The molecule has 0 fully saturated rings. The van der Waals surface area contributed by atoms with Crippen LogP contribution in [0.3, 0.4) is 0 Å². The summed E-state index contributed by atoms with van der Waals surface area (Å²) in [6.45, 7) is -0.244. The molecule has 0 aliphatic carbocycles. The van der Waals surface area contributed by atoms with Gasteiger partial charge in [0.05, 0.1) is 11.6 Å². The van der Waals surface area contributed by atoms with Gasteiger partial charge in [-0.2, -0.15) is 5.26 Å². The second-order valence-electron chi connectivity index (χ2n) is 4.57. The van der Waals surface area contributed by atoms with Gasteiger partial charge in [-0.25, -0.2) is 4.79 Å². The van der Waals surface area contributed by atoms with E-state index in [-0.39, 0.29) is 17.9 Å². The summed E-state index contributed by atoms with van der Waals surface area (Å²) in [6, 6.07) is 12.4. The SMILES string of the molecule is N#Cc1ccc(SOCC(=O)Nc2ccc(C(=O)O)c(O)c2)cc1. The van der Waals surface area contributed by atoms with Crippen LogP contribution in [0.15, 0.2) is 47.4 Å². The molecule has 24 heavy (non-hydrogen) atoms. The molecule has 8 heteroatoms. The zero-order valence-corrected chi connectivity index (χ0v) is 13.0. The van der Waals surface area contributed by atoms with Gasteiger partial charge < -0.3 is 19.7 Å². The van der Waals surface area contributed by atoms with Crippen LogP contribution >= 0.6 is 12.0 Å². The molecule has 0 unspecified atom stereocenters. The first-order valence-corrected chi connectivity index (χ1v) is 7.39. The van der Waals surface area contributed by atoms with Crippen molar-refractivity contribution in [1.82, 2.24) is 0 Å². The Balaban J connectivity index is 1.84. The quantitative estimate of drug-likeness (QED) is 0.689. The van der Waals surface area contributed by atoms with Crippen molar-refractivity contribution in [1.29, 1.82) is 5.26 Å². The molecule has 0 bridgehead atoms. The van der Waals surface area contributed by atoms with Crippen LogP contribution in [0.5, 0.6) is 5.75 Å². The standard InChI is InChI=1S/C16H12N2O5S/c17-8-10-1-4-12(5-2-10)24-23-9-15(20)18-11-3-6-13(16(21)22)14(19)7-11/h1-7,19H,9H2,(H,18,20)(H,21,22). The number of benzene rings is 2. The van der Waals surface area contributed by atoms with Crippen molar-refractivity contribution in [2.45, 2.75) is 4.90 Å². The molecule has 0 heterocycles. The van der Waals surface area contributed by atoms with Crippen molar-refractivity contribution in [2.24, 2.45) is 0 Å². The molecule has 0 atom stereocenters. The fourth-order valence-electron chi connectivity index (χ4n) is 1.72. The monoisotopic (exact) mass is 344 g/mol. The Morgan fingerprint density at radius 2 is 1.92 bits per heavy atom. The predicted molar refractivity (Wildman–Crippen MR) is 86.7 cm³/mol. The summed E-state index contributed by atoms with van der Waals surface area (Å²) < 4.78 is 5.18. The van der Waals surface area contributed by atoms with Gasteiger partial charge in [0, 0.05) is 28.7 Å². The van der Waals surface area contributed by atoms with Gasteiger partial charge in [0.25, 0.3) is 5.91 Å². The number of aromatic carboxylic acids is 1. The maximum Gasteiger partial charge on any atom is 0.339 e. The number of nitriles is 1. The van der Waals surface area contributed by atoms with Gasteiger partial charge in [0.1, 0.15) is 17.9 Å². The first kappa shape index (κ1) is 17.3. The summed E-state index contributed by atoms with van der Waals surface area (Å²) in [5.74, 6) is -2.15. The van der Waals surface area contributed by atoms with Crippen LogP contribution in [0, 0.1) is 11.3 Å². The minimum Gasteiger partial charge on any atom is -0.507 e. The maximum absolute atomic E-state index is 11.7. The average Bonchev–Trinajstić information content (AvgIpc) is 2.55. The third-order valence-electron chi connectivity index (χ3n) is 2.84. The van der Waals surface area contributed by atoms with E-state index < -0.39 is 17.6 Å². The van der Waals surface area contributed by atoms with Gasteiger partial charge in [0.15, 0.2) is 0 Å². The van der Waals surface area contributed by atoms with Gasteiger partial charge in [-0.1, -0.05) is 0 Å². The van der Waals surface area contributed by atoms with Crippen molar-refractivity contribution in [3.05, 3.63) is 53.6 Å². The minimum atomic E-state index is -1.26. The Bertz CT molecular complexity index is 799. The summed E-state index contributed by atoms with van der Waals surface area (Å²) in [5, 5.41) is 29.5. The lowest BCUT2D eigenvalue weighted by Crippen LogP contribution is -2.16. The molecule has 0 spiro atoms. The molecule has 0 saturated carbocycles. The van der Waals surface area contributed by atoms with Crippen LogP contribution in [0.25, 0.3) is 0 Å². The molecule has 3 N–H and O–H groups in total. The number of nitrogens with zero attached hydrogens (tertiary/aromatic N) is 1. The van der Waals surface area contributed by atoms with Gasteiger partial charge in [-0.15, -0.1) is 0 Å². The van der Waals surface area contributed by atoms with Gasteiger partial charge in [0.2, 0.25) is 0 Å². The topological polar surface area (TPSA) is 120 Å². The number of hydrogen-bond acceptors (Lipinski definition) is 6. The summed E-state index contributed by atoms with van der Waals surface area (Å²) in [4.78, 5) is 23.3. The highest BCUT2D eigenvalue weighted by Gasteiger charge is 2.11. The Labute approximate surface area is 141 Å². The number of nitrogens with one attached hydrogen (secondary N) is 1. The number of carboxylic acid groups (broad SMARTS) is 1. The molecule has 2 rings (SSSR count). The highest BCUT2D eigenvalue weighted by Crippen LogP contribution is 2.22. The number of carbonyl (C=O) groups excluding carboxylic acids is 1. The van der Waals surface area contributed by atoms with E-state index in [1.807, 2.05) is 6.07 Å². The van der Waals surface area contributed by atoms with Crippen LogP contribution in [0.4, 0.5) is 5.69 Å². The summed E-state index contributed by atoms with van der Waals surface area (Å²) in [5.41, 5.74) is 0.539. The molecule has 0 aromatic heterocycles. The molecule has 7 nitrogen and oxygen atoms in total. The van der Waals surface area contributed by atoms with E-state index in [1.165, 1.54) is 12.1 Å². The van der Waals surface area contributed by atoms with E-state index in [0.717, 1.165) is 23.0 Å². The van der Waals surface area contributed by atoms with E-state index in [0.29, 0.717) is 5.56 Å². The van der Waals surface area contributed by atoms with E-state index >= 15 is 0 Å². The third kappa shape index (κ3) is 4.74. The number of amides is 1. The molecular weight excluding hydrogens is 332 g/mol. The number of phenols is 1. The molecule has 0 aliphatic heterocycles. The van der Waals surface area contributed by atoms with Crippen molar-refractivity contribution in [3.63, 3.8) is 0 Å². The number of carboxylic acids is 1. The minimum absolute atomic E-state index is 0.244. The van der Waals surface area contributed by atoms with E-state index in [9.17, 15) is 14.7 Å². The second kappa shape index (κ2) is 8.01. The van der Waals surface area contributed by atoms with Gasteiger partial charge >= 0.3 is 5.97 Å². The molecule has 0 saturated heterocycles. The summed E-state index contributed by atoms with van der Waals surface area (Å²) in [6.07, 6.45) is 0. The second-order valence-corrected chi connectivity index (χ2v) is 5.44. The largest absolute Gasteiger partial charge is 0.507 e. The Kier molecular flexibility index (Phi) is 5.78. The van der Waals surface area contributed by atoms with E-state index in [2.05, 4.69) is 5.32 Å². The fourth-order valence-corrected chi connectivity index (χ4v) is 2.27. The first-order chi connectivity index (χ1) is 11.5. The smallest absolute Gasteiger partial charge is 0.339 e. The lowest BCUT2D eigenvalue weighted by atomic mass is 10.2. The van der Waals surface area contributed by atoms with Gasteiger partial charge in [-0.05, 0) is 36.4 Å². The van der Waals surface area contributed by atoms with E-state index in [1.54, 1.807) is 24.3 Å². The molecule has 0 radical (unpaired) electrons. The Hall–Kier alpha value is -3.02. The number of anilines is 1. The van der Waals surface area contributed by atoms with Crippen LogP contribution in [0.1, 0.15) is 15.9 Å². The number of carbonyl (C=O) groups is 2. The normalized spacial score (nSPS) is 9.96. The molecule has 2 aromatic rings. The molecule has 2 aromatic carbocycles. The zero-order chi connectivity index (χ0) is 17.5. The van der Waals surface area contributed by atoms with Crippen molar-refractivity contribution in [3.8, 4) is 11.8 Å². The third-order valence-corrected chi connectivity index (χ3v) is 3.54. The van der Waals surface area contributed by atoms with Crippen LogP contribution < -0.4 is 5.32 Å². The Morgan fingerprint density at radius 1 is 1.21 bits per heavy atom.